The van der Waals surface area contributed by atoms with Crippen molar-refractivity contribution in [3.8, 4) is 0 Å². The number of hydrogen-bond donors (Lipinski definition) is 1. The second-order valence-electron chi connectivity index (χ2n) is 8.10. The van der Waals surface area contributed by atoms with Gasteiger partial charge in [0.2, 0.25) is 21.8 Å². The third-order valence-electron chi connectivity index (χ3n) is 5.45. The fourth-order valence-electron chi connectivity index (χ4n) is 3.41. The van der Waals surface area contributed by atoms with Gasteiger partial charge in [0, 0.05) is 28.7 Å². The van der Waals surface area contributed by atoms with Gasteiger partial charge in [-0.25, -0.2) is 8.42 Å². The van der Waals surface area contributed by atoms with Gasteiger partial charge < -0.3 is 10.2 Å². The molecule has 34 heavy (non-hydrogen) atoms. The molecule has 2 amide bonds. The van der Waals surface area contributed by atoms with E-state index in [1.165, 1.54) is 4.90 Å². The molecule has 186 valence electrons. The summed E-state index contributed by atoms with van der Waals surface area (Å²) in [4.78, 5) is 27.7. The van der Waals surface area contributed by atoms with Gasteiger partial charge in [-0.1, -0.05) is 60.8 Å². The number of rotatable bonds is 11. The van der Waals surface area contributed by atoms with E-state index in [9.17, 15) is 18.0 Å². The third kappa shape index (κ3) is 7.35. The molecule has 7 nitrogen and oxygen atoms in total. The number of amides is 2. The molecule has 0 saturated carbocycles. The van der Waals surface area contributed by atoms with Crippen molar-refractivity contribution >= 4 is 50.7 Å². The Morgan fingerprint density at radius 3 is 2.24 bits per heavy atom. The SMILES string of the molecule is CCCCNC(=O)[C@H](C)N(Cc1c(Cl)cccc1Cl)C(=O)CN(c1ccccc1C)S(C)(=O)=O. The van der Waals surface area contributed by atoms with Gasteiger partial charge in [-0.15, -0.1) is 0 Å². The Bertz CT molecular complexity index is 1100. The number of sulfonamides is 1. The molecule has 1 N–H and O–H groups in total. The van der Waals surface area contributed by atoms with Crippen LogP contribution < -0.4 is 9.62 Å². The van der Waals surface area contributed by atoms with Crippen LogP contribution in [-0.2, 0) is 26.2 Å². The summed E-state index contributed by atoms with van der Waals surface area (Å²) in [5, 5.41) is 3.53. The molecule has 0 heterocycles. The van der Waals surface area contributed by atoms with Crippen LogP contribution in [0.4, 0.5) is 5.69 Å². The summed E-state index contributed by atoms with van der Waals surface area (Å²) in [5.74, 6) is -0.894. The molecule has 0 fully saturated rings. The van der Waals surface area contributed by atoms with Crippen molar-refractivity contribution in [1.82, 2.24) is 10.2 Å². The molecule has 0 aliphatic rings. The molecule has 2 rings (SSSR count). The number of hydrogen-bond acceptors (Lipinski definition) is 4. The summed E-state index contributed by atoms with van der Waals surface area (Å²) in [5.41, 5.74) is 1.58. The zero-order chi connectivity index (χ0) is 25.5. The van der Waals surface area contributed by atoms with E-state index in [1.807, 2.05) is 6.92 Å². The lowest BCUT2D eigenvalue weighted by molar-refractivity contribution is -0.139. The Kier molecular flexibility index (Phi) is 10.2. The molecule has 0 bridgehead atoms. The van der Waals surface area contributed by atoms with Crippen LogP contribution in [-0.4, -0.2) is 50.5 Å². The van der Waals surface area contributed by atoms with Crippen molar-refractivity contribution < 1.29 is 18.0 Å². The van der Waals surface area contributed by atoms with Crippen LogP contribution in [0.2, 0.25) is 10.0 Å². The number of unbranched alkanes of at least 4 members (excludes halogenated alkanes) is 1. The number of nitrogens with zero attached hydrogens (tertiary/aromatic N) is 2. The molecule has 0 aliphatic carbocycles. The van der Waals surface area contributed by atoms with Gasteiger partial charge in [0.05, 0.1) is 11.9 Å². The summed E-state index contributed by atoms with van der Waals surface area (Å²) in [7, 11) is -3.79. The average Bonchev–Trinajstić information content (AvgIpc) is 2.76. The maximum atomic E-state index is 13.5. The first kappa shape index (κ1) is 28.0. The highest BCUT2D eigenvalue weighted by molar-refractivity contribution is 7.92. The van der Waals surface area contributed by atoms with E-state index in [-0.39, 0.29) is 12.5 Å². The topological polar surface area (TPSA) is 86.8 Å². The molecule has 0 aliphatic heterocycles. The highest BCUT2D eigenvalue weighted by atomic mass is 35.5. The van der Waals surface area contributed by atoms with Crippen molar-refractivity contribution in [3.63, 3.8) is 0 Å². The second-order valence-corrected chi connectivity index (χ2v) is 10.8. The van der Waals surface area contributed by atoms with E-state index in [4.69, 9.17) is 23.2 Å². The minimum Gasteiger partial charge on any atom is -0.354 e. The minimum atomic E-state index is -3.79. The lowest BCUT2D eigenvalue weighted by Crippen LogP contribution is -2.51. The van der Waals surface area contributed by atoms with Crippen LogP contribution in [0.3, 0.4) is 0 Å². The van der Waals surface area contributed by atoms with Crippen LogP contribution in [0.5, 0.6) is 0 Å². The summed E-state index contributed by atoms with van der Waals surface area (Å²) in [6.07, 6.45) is 2.76. The number of carbonyl (C=O) groups excluding carboxylic acids is 2. The molecule has 0 aromatic heterocycles. The van der Waals surface area contributed by atoms with Gasteiger partial charge in [0.15, 0.2) is 0 Å². The van der Waals surface area contributed by atoms with Crippen LogP contribution in [0.1, 0.15) is 37.8 Å². The summed E-state index contributed by atoms with van der Waals surface area (Å²) in [6, 6.07) is 11.0. The normalized spacial score (nSPS) is 12.2. The van der Waals surface area contributed by atoms with E-state index in [2.05, 4.69) is 5.32 Å². The van der Waals surface area contributed by atoms with E-state index in [0.29, 0.717) is 33.4 Å². The van der Waals surface area contributed by atoms with Gasteiger partial charge in [-0.2, -0.15) is 0 Å². The van der Waals surface area contributed by atoms with Gasteiger partial charge in [-0.05, 0) is 44.0 Å². The molecule has 0 unspecified atom stereocenters. The van der Waals surface area contributed by atoms with Gasteiger partial charge >= 0.3 is 0 Å². The van der Waals surface area contributed by atoms with Crippen LogP contribution in [0.15, 0.2) is 42.5 Å². The maximum absolute atomic E-state index is 13.5. The Hall–Kier alpha value is -2.29. The van der Waals surface area contributed by atoms with Gasteiger partial charge in [0.25, 0.3) is 0 Å². The van der Waals surface area contributed by atoms with Gasteiger partial charge in [0.1, 0.15) is 12.6 Å². The molecule has 1 atom stereocenters. The average molecular weight is 529 g/mol. The predicted octanol–water partition coefficient (Wildman–Crippen LogP) is 4.40. The summed E-state index contributed by atoms with van der Waals surface area (Å²) >= 11 is 12.7. The molecular weight excluding hydrogens is 497 g/mol. The Morgan fingerprint density at radius 2 is 1.68 bits per heavy atom. The quantitative estimate of drug-likeness (QED) is 0.438. The Labute approximate surface area is 212 Å². The molecular formula is C24H31Cl2N3O4S. The smallest absolute Gasteiger partial charge is 0.244 e. The Balaban J connectivity index is 2.42. The van der Waals surface area contributed by atoms with Crippen LogP contribution >= 0.6 is 23.2 Å². The maximum Gasteiger partial charge on any atom is 0.244 e. The van der Waals surface area contributed by atoms with Crippen molar-refractivity contribution in [2.45, 2.75) is 46.2 Å². The number of anilines is 1. The summed E-state index contributed by atoms with van der Waals surface area (Å²) in [6.45, 7) is 5.33. The lowest BCUT2D eigenvalue weighted by Gasteiger charge is -2.32. The van der Waals surface area contributed by atoms with Crippen LogP contribution in [0.25, 0.3) is 0 Å². The monoisotopic (exact) mass is 527 g/mol. The molecule has 10 heteroatoms. The largest absolute Gasteiger partial charge is 0.354 e. The second kappa shape index (κ2) is 12.4. The lowest BCUT2D eigenvalue weighted by atomic mass is 10.1. The highest BCUT2D eigenvalue weighted by Crippen LogP contribution is 2.27. The standard InChI is InChI=1S/C24H31Cl2N3O4S/c1-5-6-14-27-24(31)18(3)28(15-19-20(25)11-9-12-21(19)26)23(30)16-29(34(4,32)33)22-13-8-7-10-17(22)2/h7-13,18H,5-6,14-16H2,1-4H3,(H,27,31)/t18-/m0/s1. The van der Waals surface area contributed by atoms with Crippen molar-refractivity contribution in [2.75, 3.05) is 23.7 Å². The fourth-order valence-corrected chi connectivity index (χ4v) is 4.83. The molecule has 2 aromatic rings. The number of aryl methyl sites for hydroxylation is 1. The number of benzene rings is 2. The van der Waals surface area contributed by atoms with E-state index >= 15 is 0 Å². The minimum absolute atomic E-state index is 0.0505. The third-order valence-corrected chi connectivity index (χ3v) is 7.29. The number of carbonyl (C=O) groups is 2. The fraction of sp³-hybridized carbons (Fsp3) is 0.417. The highest BCUT2D eigenvalue weighted by Gasteiger charge is 2.31. The van der Waals surface area contributed by atoms with Crippen molar-refractivity contribution in [1.29, 1.82) is 0 Å². The van der Waals surface area contributed by atoms with Gasteiger partial charge in [-0.3, -0.25) is 13.9 Å². The first-order chi connectivity index (χ1) is 16.0. The summed E-state index contributed by atoms with van der Waals surface area (Å²) < 4.78 is 26.3. The predicted molar refractivity (Wildman–Crippen MR) is 138 cm³/mol. The van der Waals surface area contributed by atoms with Crippen LogP contribution in [0, 0.1) is 6.92 Å². The first-order valence-electron chi connectivity index (χ1n) is 11.0. The van der Waals surface area contributed by atoms with E-state index < -0.39 is 28.5 Å². The number of para-hydroxylation sites is 1. The molecule has 0 radical (unpaired) electrons. The molecule has 2 aromatic carbocycles. The van der Waals surface area contributed by atoms with Crippen molar-refractivity contribution in [3.05, 3.63) is 63.6 Å². The number of halogens is 2. The van der Waals surface area contributed by atoms with Crippen molar-refractivity contribution in [2.24, 2.45) is 0 Å². The zero-order valence-corrected chi connectivity index (χ0v) is 22.2. The molecule has 0 saturated heterocycles. The van der Waals surface area contributed by atoms with E-state index in [0.717, 1.165) is 23.4 Å². The zero-order valence-electron chi connectivity index (χ0n) is 19.8. The van der Waals surface area contributed by atoms with E-state index in [1.54, 1.807) is 56.3 Å². The molecule has 0 spiro atoms. The Morgan fingerprint density at radius 1 is 1.06 bits per heavy atom. The first-order valence-corrected chi connectivity index (χ1v) is 13.6. The number of nitrogens with one attached hydrogen (secondary N) is 1.